The predicted molar refractivity (Wildman–Crippen MR) is 83.7 cm³/mol. The molecule has 2 bridgehead atoms. The van der Waals surface area contributed by atoms with Crippen molar-refractivity contribution in [3.05, 3.63) is 0 Å². The fraction of sp³-hybridized carbons (Fsp3) is 1.00. The van der Waals surface area contributed by atoms with Crippen LogP contribution >= 0.6 is 0 Å². The van der Waals surface area contributed by atoms with Crippen LogP contribution in [0.15, 0.2) is 0 Å². The fourth-order valence-electron chi connectivity index (χ4n) is 7.23. The lowest BCUT2D eigenvalue weighted by atomic mass is 9.58. The van der Waals surface area contributed by atoms with Crippen LogP contribution in [0, 0.1) is 34.5 Å². The van der Waals surface area contributed by atoms with Gasteiger partial charge in [-0.15, -0.1) is 0 Å². The van der Waals surface area contributed by atoms with E-state index < -0.39 is 6.29 Å². The van der Waals surface area contributed by atoms with Crippen molar-refractivity contribution < 1.29 is 9.84 Å². The molecule has 0 heterocycles. The van der Waals surface area contributed by atoms with Crippen molar-refractivity contribution in [1.29, 1.82) is 0 Å². The van der Waals surface area contributed by atoms with Gasteiger partial charge in [0.2, 0.25) is 0 Å². The molecule has 6 unspecified atom stereocenters. The first-order valence-corrected chi connectivity index (χ1v) is 9.29. The van der Waals surface area contributed by atoms with Gasteiger partial charge in [-0.2, -0.15) is 0 Å². The minimum absolute atomic E-state index is 0.0864. The number of aliphatic hydroxyl groups is 1. The summed E-state index contributed by atoms with van der Waals surface area (Å²) in [5.41, 5.74) is 1.03. The van der Waals surface area contributed by atoms with Crippen LogP contribution in [0.25, 0.3) is 0 Å². The number of hydrogen-bond donors (Lipinski definition) is 1. The first-order chi connectivity index (χ1) is 9.93. The molecule has 4 fully saturated rings. The van der Waals surface area contributed by atoms with E-state index >= 15 is 0 Å². The molecular formula is C19H32O2. The molecule has 0 aromatic rings. The average molecular weight is 292 g/mol. The van der Waals surface area contributed by atoms with Gasteiger partial charge in [0, 0.05) is 11.3 Å². The highest BCUT2D eigenvalue weighted by Crippen LogP contribution is 2.87. The number of hydrogen-bond acceptors (Lipinski definition) is 2. The molecule has 0 radical (unpaired) electrons. The maximum atomic E-state index is 10.4. The normalized spacial score (nSPS) is 48.0. The average Bonchev–Trinajstić information content (AvgIpc) is 2.75. The molecule has 0 aromatic carbocycles. The van der Waals surface area contributed by atoms with Crippen LogP contribution in [-0.2, 0) is 4.74 Å². The van der Waals surface area contributed by atoms with E-state index in [0.717, 1.165) is 36.0 Å². The number of rotatable bonds is 6. The maximum Gasteiger partial charge on any atom is 0.157 e. The molecule has 0 saturated heterocycles. The Morgan fingerprint density at radius 3 is 2.43 bits per heavy atom. The molecule has 0 amide bonds. The van der Waals surface area contributed by atoms with Gasteiger partial charge in [-0.1, -0.05) is 27.7 Å². The Kier molecular flexibility index (Phi) is 2.94. The Labute approximate surface area is 129 Å². The summed E-state index contributed by atoms with van der Waals surface area (Å²) in [4.78, 5) is 0. The van der Waals surface area contributed by atoms with E-state index in [1.54, 1.807) is 0 Å². The van der Waals surface area contributed by atoms with E-state index in [2.05, 4.69) is 27.7 Å². The van der Waals surface area contributed by atoms with Crippen molar-refractivity contribution in [3.63, 3.8) is 0 Å². The lowest BCUT2D eigenvalue weighted by molar-refractivity contribution is -0.258. The third-order valence-electron chi connectivity index (χ3n) is 8.11. The van der Waals surface area contributed by atoms with Crippen LogP contribution in [0.1, 0.15) is 72.6 Å². The second-order valence-electron chi connectivity index (χ2n) is 9.01. The first-order valence-electron chi connectivity index (χ1n) is 9.29. The molecule has 0 aliphatic heterocycles. The van der Waals surface area contributed by atoms with Gasteiger partial charge in [0.05, 0.1) is 5.60 Å². The van der Waals surface area contributed by atoms with Gasteiger partial charge in [0.25, 0.3) is 0 Å². The number of aliphatic hydroxyl groups excluding tert-OH is 1. The quantitative estimate of drug-likeness (QED) is 0.737. The summed E-state index contributed by atoms with van der Waals surface area (Å²) >= 11 is 0. The van der Waals surface area contributed by atoms with E-state index in [4.69, 9.17) is 4.74 Å². The van der Waals surface area contributed by atoms with Crippen LogP contribution < -0.4 is 0 Å². The third-order valence-corrected chi connectivity index (χ3v) is 8.11. The molecule has 4 saturated carbocycles. The lowest BCUT2D eigenvalue weighted by Gasteiger charge is -2.53. The molecule has 4 aliphatic carbocycles. The van der Waals surface area contributed by atoms with Gasteiger partial charge in [-0.3, -0.25) is 0 Å². The molecule has 6 atom stereocenters. The van der Waals surface area contributed by atoms with Crippen LogP contribution in [0.4, 0.5) is 0 Å². The lowest BCUT2D eigenvalue weighted by Crippen LogP contribution is -2.54. The molecule has 2 heteroatoms. The molecule has 1 N–H and O–H groups in total. The summed E-state index contributed by atoms with van der Waals surface area (Å²) in [6, 6.07) is 0. The van der Waals surface area contributed by atoms with Crippen molar-refractivity contribution in [3.8, 4) is 0 Å². The highest BCUT2D eigenvalue weighted by molar-refractivity contribution is 5.30. The minimum atomic E-state index is -0.605. The van der Waals surface area contributed by atoms with E-state index in [1.165, 1.54) is 32.1 Å². The number of fused-ring (bicyclic) bond motifs is 1. The molecular weight excluding hydrogens is 260 g/mol. The van der Waals surface area contributed by atoms with Crippen molar-refractivity contribution >= 4 is 0 Å². The van der Waals surface area contributed by atoms with Crippen LogP contribution in [0.5, 0.6) is 0 Å². The monoisotopic (exact) mass is 292 g/mol. The van der Waals surface area contributed by atoms with E-state index in [9.17, 15) is 5.11 Å². The standard InChI is InChI=1S/C19H32O2/c1-5-19(6-2,21-16(20)12(3)4)18-9-13-7-15(18)17(8-13)10-14(17)11-18/h12-16,20H,5-11H2,1-4H3. The second kappa shape index (κ2) is 4.26. The first kappa shape index (κ1) is 14.5. The Hall–Kier alpha value is -0.0800. The Bertz CT molecular complexity index is 441. The van der Waals surface area contributed by atoms with E-state index in [0.29, 0.717) is 5.41 Å². The zero-order valence-corrected chi connectivity index (χ0v) is 14.2. The van der Waals surface area contributed by atoms with Crippen LogP contribution in [0.2, 0.25) is 0 Å². The van der Waals surface area contributed by atoms with Crippen LogP contribution in [-0.4, -0.2) is 17.0 Å². The largest absolute Gasteiger partial charge is 0.368 e. The van der Waals surface area contributed by atoms with Gasteiger partial charge in [-0.25, -0.2) is 0 Å². The van der Waals surface area contributed by atoms with Gasteiger partial charge in [-0.05, 0) is 68.1 Å². The van der Waals surface area contributed by atoms with Gasteiger partial charge >= 0.3 is 0 Å². The maximum absolute atomic E-state index is 10.4. The molecule has 2 nitrogen and oxygen atoms in total. The molecule has 4 aliphatic rings. The molecule has 0 aromatic heterocycles. The van der Waals surface area contributed by atoms with Crippen molar-refractivity contribution in [2.75, 3.05) is 0 Å². The molecule has 1 spiro atoms. The number of ether oxygens (including phenoxy) is 1. The summed E-state index contributed by atoms with van der Waals surface area (Å²) in [6.45, 7) is 8.70. The highest BCUT2D eigenvalue weighted by atomic mass is 16.6. The topological polar surface area (TPSA) is 29.5 Å². The van der Waals surface area contributed by atoms with Crippen molar-refractivity contribution in [2.45, 2.75) is 84.5 Å². The van der Waals surface area contributed by atoms with Gasteiger partial charge < -0.3 is 9.84 Å². The SMILES string of the molecule is CCC(CC)(OC(O)C(C)C)C12CC3CC1C1(C3)CC1C2. The summed E-state index contributed by atoms with van der Waals surface area (Å²) in [7, 11) is 0. The smallest absolute Gasteiger partial charge is 0.157 e. The third kappa shape index (κ3) is 1.57. The summed E-state index contributed by atoms with van der Waals surface area (Å²) in [6.07, 6.45) is 8.75. The summed E-state index contributed by atoms with van der Waals surface area (Å²) in [5, 5.41) is 10.4. The van der Waals surface area contributed by atoms with Crippen molar-refractivity contribution in [2.24, 2.45) is 34.5 Å². The zero-order valence-electron chi connectivity index (χ0n) is 14.2. The minimum Gasteiger partial charge on any atom is -0.368 e. The predicted octanol–water partition coefficient (Wildman–Crippen LogP) is 4.36. The van der Waals surface area contributed by atoms with E-state index in [-0.39, 0.29) is 11.5 Å². The molecule has 4 rings (SSSR count). The van der Waals surface area contributed by atoms with Gasteiger partial charge in [0.1, 0.15) is 0 Å². The Morgan fingerprint density at radius 2 is 1.86 bits per heavy atom. The summed E-state index contributed by atoms with van der Waals surface area (Å²) < 4.78 is 6.48. The Balaban J connectivity index is 1.69. The van der Waals surface area contributed by atoms with Crippen molar-refractivity contribution in [1.82, 2.24) is 0 Å². The summed E-state index contributed by atoms with van der Waals surface area (Å²) in [5.74, 6) is 3.04. The van der Waals surface area contributed by atoms with Crippen LogP contribution in [0.3, 0.4) is 0 Å². The molecule has 120 valence electrons. The zero-order chi connectivity index (χ0) is 15.0. The molecule has 21 heavy (non-hydrogen) atoms. The van der Waals surface area contributed by atoms with Gasteiger partial charge in [0.15, 0.2) is 6.29 Å². The highest BCUT2D eigenvalue weighted by Gasteiger charge is 2.81. The second-order valence-corrected chi connectivity index (χ2v) is 9.01. The Morgan fingerprint density at radius 1 is 1.14 bits per heavy atom. The fourth-order valence-corrected chi connectivity index (χ4v) is 7.23. The van der Waals surface area contributed by atoms with E-state index in [1.807, 2.05) is 0 Å².